The molecule has 0 radical (unpaired) electrons. The molecule has 0 bridgehead atoms. The molecule has 0 unspecified atom stereocenters. The van der Waals surface area contributed by atoms with Gasteiger partial charge in [-0.2, -0.15) is 0 Å². The van der Waals surface area contributed by atoms with E-state index in [-0.39, 0.29) is 4.92 Å². The molecule has 0 fully saturated rings. The van der Waals surface area contributed by atoms with Gasteiger partial charge >= 0.3 is 0 Å². The van der Waals surface area contributed by atoms with E-state index in [2.05, 4.69) is 12.2 Å². The Labute approximate surface area is 100 Å². The van der Waals surface area contributed by atoms with Gasteiger partial charge in [0.05, 0.1) is 17.0 Å². The third-order valence-electron chi connectivity index (χ3n) is 3.01. The summed E-state index contributed by atoms with van der Waals surface area (Å²) in [5.74, 6) is 0. The van der Waals surface area contributed by atoms with Crippen molar-refractivity contribution in [2.24, 2.45) is 0 Å². The predicted molar refractivity (Wildman–Crippen MR) is 67.3 cm³/mol. The van der Waals surface area contributed by atoms with Crippen LogP contribution in [0.2, 0.25) is 0 Å². The van der Waals surface area contributed by atoms with Crippen LogP contribution in [0.3, 0.4) is 0 Å². The van der Waals surface area contributed by atoms with Crippen molar-refractivity contribution in [2.45, 2.75) is 32.6 Å². The molecule has 4 heteroatoms. The molecule has 1 aromatic carbocycles. The van der Waals surface area contributed by atoms with Gasteiger partial charge in [-0.05, 0) is 24.5 Å². The van der Waals surface area contributed by atoms with Crippen LogP contribution >= 0.6 is 0 Å². The zero-order valence-corrected chi connectivity index (χ0v) is 9.90. The van der Waals surface area contributed by atoms with Crippen molar-refractivity contribution >= 4 is 5.69 Å². The molecule has 17 heavy (non-hydrogen) atoms. The van der Waals surface area contributed by atoms with Gasteiger partial charge in [0.1, 0.15) is 0 Å². The minimum absolute atomic E-state index is 0.256. The fourth-order valence-electron chi connectivity index (χ4n) is 2.05. The molecule has 0 spiro atoms. The Morgan fingerprint density at radius 2 is 2.18 bits per heavy atom. The van der Waals surface area contributed by atoms with E-state index in [1.807, 2.05) is 24.3 Å². The molecule has 0 amide bonds. The molecule has 1 heterocycles. The van der Waals surface area contributed by atoms with E-state index in [0.717, 1.165) is 36.2 Å². The maximum Gasteiger partial charge on any atom is 0.269 e. The molecule has 0 aromatic heterocycles. The van der Waals surface area contributed by atoms with Crippen molar-refractivity contribution in [2.75, 3.05) is 5.32 Å². The van der Waals surface area contributed by atoms with Gasteiger partial charge in [0.15, 0.2) is 0 Å². The summed E-state index contributed by atoms with van der Waals surface area (Å²) >= 11 is 0. The summed E-state index contributed by atoms with van der Waals surface area (Å²) in [4.78, 5) is 10.8. The van der Waals surface area contributed by atoms with Crippen molar-refractivity contribution < 1.29 is 4.92 Å². The number of hydrogen-bond donors (Lipinski definition) is 1. The number of para-hydroxylation sites is 1. The lowest BCUT2D eigenvalue weighted by atomic mass is 10.00. The van der Waals surface area contributed by atoms with E-state index in [0.29, 0.717) is 12.1 Å². The third-order valence-corrected chi connectivity index (χ3v) is 3.01. The monoisotopic (exact) mass is 232 g/mol. The second-order valence-corrected chi connectivity index (χ2v) is 4.24. The first kappa shape index (κ1) is 11.6. The number of rotatable bonds is 4. The Morgan fingerprint density at radius 3 is 2.88 bits per heavy atom. The highest BCUT2D eigenvalue weighted by Crippen LogP contribution is 2.29. The third kappa shape index (κ3) is 2.46. The lowest BCUT2D eigenvalue weighted by molar-refractivity contribution is -0.428. The summed E-state index contributed by atoms with van der Waals surface area (Å²) in [7, 11) is 0. The highest BCUT2D eigenvalue weighted by atomic mass is 16.6. The number of benzene rings is 1. The highest BCUT2D eigenvalue weighted by Gasteiger charge is 2.25. The number of hydrogen-bond acceptors (Lipinski definition) is 3. The largest absolute Gasteiger partial charge is 0.353 e. The number of unbranched alkanes of at least 4 members (excludes halogenated alkanes) is 1. The first-order chi connectivity index (χ1) is 8.22. The summed E-state index contributed by atoms with van der Waals surface area (Å²) in [6.45, 7) is 2.09. The zero-order chi connectivity index (χ0) is 12.3. The second-order valence-electron chi connectivity index (χ2n) is 4.24. The van der Waals surface area contributed by atoms with Crippen molar-refractivity contribution in [1.29, 1.82) is 0 Å². The molecule has 0 atom stereocenters. The topological polar surface area (TPSA) is 55.2 Å². The molecule has 1 N–H and O–H groups in total. The van der Waals surface area contributed by atoms with Gasteiger partial charge in [-0.3, -0.25) is 10.1 Å². The van der Waals surface area contributed by atoms with Crippen LogP contribution in [0.1, 0.15) is 31.7 Å². The number of fused-ring (bicyclic) bond motifs is 1. The first-order valence-corrected chi connectivity index (χ1v) is 5.93. The smallest absolute Gasteiger partial charge is 0.269 e. The van der Waals surface area contributed by atoms with Crippen molar-refractivity contribution in [3.05, 3.63) is 51.3 Å². The van der Waals surface area contributed by atoms with Crippen molar-refractivity contribution in [1.82, 2.24) is 0 Å². The Bertz CT molecular complexity index is 466. The number of anilines is 1. The van der Waals surface area contributed by atoms with Crippen LogP contribution < -0.4 is 5.32 Å². The molecule has 0 saturated carbocycles. The van der Waals surface area contributed by atoms with Crippen LogP contribution in [0.15, 0.2) is 35.7 Å². The van der Waals surface area contributed by atoms with Gasteiger partial charge in [-0.25, -0.2) is 0 Å². The van der Waals surface area contributed by atoms with Crippen molar-refractivity contribution in [3.8, 4) is 0 Å². The summed E-state index contributed by atoms with van der Waals surface area (Å²) < 4.78 is 0. The Balaban J connectivity index is 2.29. The molecule has 0 saturated heterocycles. The van der Waals surface area contributed by atoms with E-state index in [1.165, 1.54) is 0 Å². The standard InChI is InChI=1S/C13H16N2O2/c1-2-3-7-12-13(15(16)17)9-10-6-4-5-8-11(10)14-12/h4-6,8,14H,2-3,7,9H2,1H3. The molecule has 2 rings (SSSR count). The van der Waals surface area contributed by atoms with Crippen LogP contribution in [0.5, 0.6) is 0 Å². The minimum Gasteiger partial charge on any atom is -0.353 e. The SMILES string of the molecule is CCCCC1=C([N+](=O)[O-])Cc2ccccc2N1. The van der Waals surface area contributed by atoms with E-state index in [9.17, 15) is 10.1 Å². The first-order valence-electron chi connectivity index (χ1n) is 5.93. The molecule has 1 aliphatic heterocycles. The number of nitrogens with one attached hydrogen (secondary N) is 1. The molecule has 1 aliphatic rings. The summed E-state index contributed by atoms with van der Waals surface area (Å²) in [5.41, 5.74) is 3.09. The van der Waals surface area contributed by atoms with Gasteiger partial charge in [-0.1, -0.05) is 31.5 Å². The Morgan fingerprint density at radius 1 is 1.41 bits per heavy atom. The van der Waals surface area contributed by atoms with Crippen LogP contribution in [-0.4, -0.2) is 4.92 Å². The van der Waals surface area contributed by atoms with E-state index >= 15 is 0 Å². The molecule has 90 valence electrons. The lowest BCUT2D eigenvalue weighted by Crippen LogP contribution is -2.18. The van der Waals surface area contributed by atoms with E-state index < -0.39 is 0 Å². The Kier molecular flexibility index (Phi) is 3.42. The normalized spacial score (nSPS) is 14.2. The van der Waals surface area contributed by atoms with Gasteiger partial charge in [0.25, 0.3) is 5.70 Å². The molecule has 1 aromatic rings. The average Bonchev–Trinajstić information content (AvgIpc) is 2.35. The maximum absolute atomic E-state index is 11.0. The van der Waals surface area contributed by atoms with Gasteiger partial charge < -0.3 is 5.32 Å². The molecule has 0 aliphatic carbocycles. The van der Waals surface area contributed by atoms with Gasteiger partial charge in [0, 0.05) is 5.69 Å². The predicted octanol–water partition coefficient (Wildman–Crippen LogP) is 3.33. The van der Waals surface area contributed by atoms with E-state index in [4.69, 9.17) is 0 Å². The fraction of sp³-hybridized carbons (Fsp3) is 0.385. The summed E-state index contributed by atoms with van der Waals surface area (Å²) in [5, 5.41) is 14.2. The quantitative estimate of drug-likeness (QED) is 0.640. The van der Waals surface area contributed by atoms with Crippen LogP contribution in [-0.2, 0) is 6.42 Å². The zero-order valence-electron chi connectivity index (χ0n) is 9.90. The maximum atomic E-state index is 11.0. The van der Waals surface area contributed by atoms with Crippen LogP contribution in [0.25, 0.3) is 0 Å². The summed E-state index contributed by atoms with van der Waals surface area (Å²) in [6.07, 6.45) is 3.19. The van der Waals surface area contributed by atoms with Gasteiger partial charge in [0.2, 0.25) is 0 Å². The molecular formula is C13H16N2O2. The second kappa shape index (κ2) is 4.99. The highest BCUT2D eigenvalue weighted by molar-refractivity contribution is 5.59. The summed E-state index contributed by atoms with van der Waals surface area (Å²) in [6, 6.07) is 7.76. The van der Waals surface area contributed by atoms with Crippen molar-refractivity contribution in [3.63, 3.8) is 0 Å². The molecule has 4 nitrogen and oxygen atoms in total. The van der Waals surface area contributed by atoms with Gasteiger partial charge in [-0.15, -0.1) is 0 Å². The average molecular weight is 232 g/mol. The number of nitro groups is 1. The number of allylic oxidation sites excluding steroid dienone is 2. The lowest BCUT2D eigenvalue weighted by Gasteiger charge is -2.19. The Hall–Kier alpha value is -1.84. The van der Waals surface area contributed by atoms with E-state index in [1.54, 1.807) is 0 Å². The minimum atomic E-state index is -0.256. The van der Waals surface area contributed by atoms with Crippen LogP contribution in [0, 0.1) is 10.1 Å². The number of nitrogens with zero attached hydrogens (tertiary/aromatic N) is 1. The fourth-order valence-corrected chi connectivity index (χ4v) is 2.05. The van der Waals surface area contributed by atoms with Crippen LogP contribution in [0.4, 0.5) is 5.69 Å². The molecular weight excluding hydrogens is 216 g/mol.